The minimum Gasteiger partial charge on any atom is -0.460 e. The van der Waals surface area contributed by atoms with Gasteiger partial charge in [0, 0.05) is 5.56 Å². The molecular weight excluding hydrogens is 346 g/mol. The van der Waals surface area contributed by atoms with E-state index in [1.54, 1.807) is 30.3 Å². The zero-order valence-corrected chi connectivity index (χ0v) is 16.1. The van der Waals surface area contributed by atoms with Crippen molar-refractivity contribution >= 4 is 5.97 Å². The lowest BCUT2D eigenvalue weighted by molar-refractivity contribution is -0.147. The fourth-order valence-corrected chi connectivity index (χ4v) is 3.61. The molecule has 1 fully saturated rings. The average molecular weight is 370 g/mol. The third kappa shape index (κ3) is 3.80. The largest absolute Gasteiger partial charge is 0.460 e. The van der Waals surface area contributed by atoms with Gasteiger partial charge in [-0.3, -0.25) is 4.79 Å². The first-order valence-corrected chi connectivity index (χ1v) is 9.07. The van der Waals surface area contributed by atoms with E-state index in [0.717, 1.165) is 5.57 Å². The van der Waals surface area contributed by atoms with Gasteiger partial charge in [-0.25, -0.2) is 8.78 Å². The monoisotopic (exact) mass is 370 g/mol. The van der Waals surface area contributed by atoms with Crippen molar-refractivity contribution < 1.29 is 18.3 Å². The Balaban J connectivity index is 1.76. The van der Waals surface area contributed by atoms with E-state index in [0.29, 0.717) is 5.56 Å². The molecule has 2 aromatic rings. The van der Waals surface area contributed by atoms with Gasteiger partial charge in [-0.1, -0.05) is 55.8 Å². The molecule has 1 aliphatic rings. The van der Waals surface area contributed by atoms with Crippen LogP contribution >= 0.6 is 0 Å². The standard InChI is InChI=1S/C23H24F2O2/c1-14(2)12-17-20(23(17,3)4)22(26)27-13-16-10-11-18(24)19(21(16)25)15-8-6-5-7-9-15/h5-12,17,20H,13H2,1-4H3/t17-,20-/m1/s1. The molecule has 2 atom stereocenters. The highest BCUT2D eigenvalue weighted by Gasteiger charge is 2.61. The lowest BCUT2D eigenvalue weighted by Gasteiger charge is -2.11. The number of hydrogen-bond acceptors (Lipinski definition) is 2. The summed E-state index contributed by atoms with van der Waals surface area (Å²) in [6.45, 7) is 7.83. The summed E-state index contributed by atoms with van der Waals surface area (Å²) >= 11 is 0. The molecule has 3 rings (SSSR count). The molecular formula is C23H24F2O2. The third-order valence-electron chi connectivity index (χ3n) is 5.28. The number of carbonyl (C=O) groups excluding carboxylic acids is 1. The SMILES string of the molecule is CC(C)=C[C@@H]1[C@H](C(=O)OCc2ccc(F)c(-c3ccccc3)c2F)C1(C)C. The normalized spacial score (nSPS) is 20.1. The summed E-state index contributed by atoms with van der Waals surface area (Å²) in [6.07, 6.45) is 2.08. The van der Waals surface area contributed by atoms with E-state index >= 15 is 0 Å². The number of esters is 1. The second-order valence-electron chi connectivity index (χ2n) is 7.94. The van der Waals surface area contributed by atoms with Gasteiger partial charge >= 0.3 is 5.97 Å². The van der Waals surface area contributed by atoms with E-state index in [1.165, 1.54) is 12.1 Å². The predicted molar refractivity (Wildman–Crippen MR) is 102 cm³/mol. The van der Waals surface area contributed by atoms with Crippen LogP contribution in [0.15, 0.2) is 54.1 Å². The molecule has 0 bridgehead atoms. The van der Waals surface area contributed by atoms with Gasteiger partial charge in [-0.05, 0) is 42.9 Å². The molecule has 4 heteroatoms. The van der Waals surface area contributed by atoms with E-state index in [4.69, 9.17) is 4.74 Å². The molecule has 0 amide bonds. The third-order valence-corrected chi connectivity index (χ3v) is 5.28. The summed E-state index contributed by atoms with van der Waals surface area (Å²) in [5.74, 6) is -1.77. The molecule has 0 radical (unpaired) electrons. The molecule has 0 heterocycles. The Morgan fingerprint density at radius 2 is 1.78 bits per heavy atom. The minimum absolute atomic E-state index is 0.0988. The van der Waals surface area contributed by atoms with Crippen LogP contribution in [0, 0.1) is 28.9 Å². The molecule has 0 unspecified atom stereocenters. The Kier molecular flexibility index (Phi) is 5.18. The van der Waals surface area contributed by atoms with Crippen molar-refractivity contribution in [3.05, 3.63) is 71.3 Å². The number of benzene rings is 2. The molecule has 27 heavy (non-hydrogen) atoms. The van der Waals surface area contributed by atoms with E-state index in [1.807, 2.05) is 27.7 Å². The summed E-state index contributed by atoms with van der Waals surface area (Å²) in [5.41, 5.74) is 1.51. The summed E-state index contributed by atoms with van der Waals surface area (Å²) in [5, 5.41) is 0. The van der Waals surface area contributed by atoms with Crippen LogP contribution in [0.25, 0.3) is 11.1 Å². The molecule has 1 saturated carbocycles. The van der Waals surface area contributed by atoms with Crippen LogP contribution in [0.5, 0.6) is 0 Å². The smallest absolute Gasteiger partial charge is 0.310 e. The maximum absolute atomic E-state index is 14.8. The zero-order chi connectivity index (χ0) is 19.8. The maximum Gasteiger partial charge on any atom is 0.310 e. The molecule has 0 aromatic heterocycles. The van der Waals surface area contributed by atoms with Crippen molar-refractivity contribution in [2.45, 2.75) is 34.3 Å². The Hall–Kier alpha value is -2.49. The Labute approximate surface area is 158 Å². The van der Waals surface area contributed by atoms with E-state index in [-0.39, 0.29) is 41.0 Å². The Bertz CT molecular complexity index is 881. The van der Waals surface area contributed by atoms with Gasteiger partial charge in [0.1, 0.15) is 18.2 Å². The first kappa shape index (κ1) is 19.3. The Morgan fingerprint density at radius 1 is 1.11 bits per heavy atom. The topological polar surface area (TPSA) is 26.3 Å². The molecule has 2 aromatic carbocycles. The van der Waals surface area contributed by atoms with Crippen molar-refractivity contribution in [1.82, 2.24) is 0 Å². The number of halogens is 2. The first-order chi connectivity index (χ1) is 12.7. The molecule has 142 valence electrons. The molecule has 0 N–H and O–H groups in total. The van der Waals surface area contributed by atoms with E-state index in [2.05, 4.69) is 6.08 Å². The zero-order valence-electron chi connectivity index (χ0n) is 16.1. The lowest BCUT2D eigenvalue weighted by Crippen LogP contribution is -2.11. The van der Waals surface area contributed by atoms with Gasteiger partial charge < -0.3 is 4.74 Å². The molecule has 1 aliphatic carbocycles. The van der Waals surface area contributed by atoms with Gasteiger partial charge in [0.25, 0.3) is 0 Å². The summed E-state index contributed by atoms with van der Waals surface area (Å²) in [4.78, 5) is 12.5. The number of rotatable bonds is 5. The summed E-state index contributed by atoms with van der Waals surface area (Å²) < 4.78 is 34.4. The van der Waals surface area contributed by atoms with Gasteiger partial charge in [0.05, 0.1) is 11.5 Å². The van der Waals surface area contributed by atoms with Crippen molar-refractivity contribution in [1.29, 1.82) is 0 Å². The van der Waals surface area contributed by atoms with Crippen molar-refractivity contribution in [2.75, 3.05) is 0 Å². The van der Waals surface area contributed by atoms with Gasteiger partial charge in [0.15, 0.2) is 0 Å². The van der Waals surface area contributed by atoms with E-state index < -0.39 is 11.6 Å². The number of ether oxygens (including phenoxy) is 1. The van der Waals surface area contributed by atoms with E-state index in [9.17, 15) is 13.6 Å². The summed E-state index contributed by atoms with van der Waals surface area (Å²) in [6, 6.07) is 11.1. The second-order valence-corrected chi connectivity index (χ2v) is 7.94. The van der Waals surface area contributed by atoms with Crippen LogP contribution in [0.2, 0.25) is 0 Å². The van der Waals surface area contributed by atoms with Crippen LogP contribution in [0.1, 0.15) is 33.3 Å². The van der Waals surface area contributed by atoms with Crippen LogP contribution < -0.4 is 0 Å². The fourth-order valence-electron chi connectivity index (χ4n) is 3.61. The van der Waals surface area contributed by atoms with Gasteiger partial charge in [-0.15, -0.1) is 0 Å². The molecule has 0 saturated heterocycles. The first-order valence-electron chi connectivity index (χ1n) is 9.07. The molecule has 0 spiro atoms. The molecule has 0 aliphatic heterocycles. The second kappa shape index (κ2) is 7.26. The maximum atomic E-state index is 14.8. The van der Waals surface area contributed by atoms with Crippen molar-refractivity contribution in [2.24, 2.45) is 17.3 Å². The summed E-state index contributed by atoms with van der Waals surface area (Å²) in [7, 11) is 0. The number of carbonyl (C=O) groups is 1. The van der Waals surface area contributed by atoms with Crippen LogP contribution in [0.3, 0.4) is 0 Å². The van der Waals surface area contributed by atoms with Gasteiger partial charge in [-0.2, -0.15) is 0 Å². The minimum atomic E-state index is -0.690. The highest BCUT2D eigenvalue weighted by molar-refractivity contribution is 5.78. The average Bonchev–Trinajstić information content (AvgIpc) is 3.14. The lowest BCUT2D eigenvalue weighted by atomic mass is 10.0. The van der Waals surface area contributed by atoms with Crippen LogP contribution in [0.4, 0.5) is 8.78 Å². The van der Waals surface area contributed by atoms with Crippen molar-refractivity contribution in [3.63, 3.8) is 0 Å². The predicted octanol–water partition coefficient (Wildman–Crippen LogP) is 5.91. The Morgan fingerprint density at radius 3 is 2.41 bits per heavy atom. The quantitative estimate of drug-likeness (QED) is 0.483. The van der Waals surface area contributed by atoms with Crippen molar-refractivity contribution in [3.8, 4) is 11.1 Å². The highest BCUT2D eigenvalue weighted by Crippen LogP contribution is 2.59. The van der Waals surface area contributed by atoms with Crippen LogP contribution in [-0.2, 0) is 16.1 Å². The fraction of sp³-hybridized carbons (Fsp3) is 0.348. The van der Waals surface area contributed by atoms with Gasteiger partial charge in [0.2, 0.25) is 0 Å². The molecule has 2 nitrogen and oxygen atoms in total. The number of allylic oxidation sites excluding steroid dienone is 2. The number of hydrogen-bond donors (Lipinski definition) is 0. The van der Waals surface area contributed by atoms with Crippen LogP contribution in [-0.4, -0.2) is 5.97 Å². The highest BCUT2D eigenvalue weighted by atomic mass is 19.1.